The molecule has 0 bridgehead atoms. The zero-order chi connectivity index (χ0) is 27.5. The van der Waals surface area contributed by atoms with Gasteiger partial charge in [-0.1, -0.05) is 73.0 Å². The number of methoxy groups -OCH3 is 1. The Kier molecular flexibility index (Phi) is 11.9. The molecule has 2 saturated carbocycles. The number of aromatic nitrogens is 1. The molecule has 0 N–H and O–H groups in total. The number of hydrogen-bond acceptors (Lipinski definition) is 3. The SMILES string of the molecule is COCCCN(CC(=O)N(Cc1cccn1Cc1ccc(Br)cc1)C1CCCCC1)C(=O)CCC1CCCC1. The Labute approximate surface area is 243 Å². The number of hydrogen-bond donors (Lipinski definition) is 0. The lowest BCUT2D eigenvalue weighted by Crippen LogP contribution is -2.48. The lowest BCUT2D eigenvalue weighted by molar-refractivity contribution is -0.143. The minimum atomic E-state index is 0.0740. The van der Waals surface area contributed by atoms with E-state index in [2.05, 4.69) is 68.0 Å². The fourth-order valence-corrected chi connectivity index (χ4v) is 6.52. The average Bonchev–Trinajstić information content (AvgIpc) is 3.64. The molecule has 2 aliphatic carbocycles. The van der Waals surface area contributed by atoms with Crippen LogP contribution in [0.1, 0.15) is 88.3 Å². The summed E-state index contributed by atoms with van der Waals surface area (Å²) in [5.41, 5.74) is 2.36. The summed E-state index contributed by atoms with van der Waals surface area (Å²) in [5.74, 6) is 0.862. The van der Waals surface area contributed by atoms with E-state index in [-0.39, 0.29) is 24.4 Å². The van der Waals surface area contributed by atoms with Crippen molar-refractivity contribution in [1.29, 1.82) is 0 Å². The number of halogens is 1. The second kappa shape index (κ2) is 15.6. The first-order valence-electron chi connectivity index (χ1n) is 15.0. The number of ether oxygens (including phenoxy) is 1. The number of carbonyl (C=O) groups excluding carboxylic acids is 2. The molecular formula is C32H46BrN3O3. The van der Waals surface area contributed by atoms with Crippen molar-refractivity contribution in [1.82, 2.24) is 14.4 Å². The number of benzene rings is 1. The predicted octanol–water partition coefficient (Wildman–Crippen LogP) is 6.80. The summed E-state index contributed by atoms with van der Waals surface area (Å²) >= 11 is 3.52. The Morgan fingerprint density at radius 1 is 0.974 bits per heavy atom. The molecule has 4 rings (SSSR count). The third-order valence-electron chi connectivity index (χ3n) is 8.55. The molecule has 2 aliphatic rings. The standard InChI is InChI=1S/C32H46BrN3O3/c1-39-22-8-21-35(31(37)19-16-26-9-5-6-10-26)25-32(38)36(29-11-3-2-4-12-29)24-30-13-7-20-34(30)23-27-14-17-28(33)18-15-27/h7,13-15,17-18,20,26,29H,2-6,8-12,16,19,21-25H2,1H3. The van der Waals surface area contributed by atoms with Crippen LogP contribution in [0.5, 0.6) is 0 Å². The van der Waals surface area contributed by atoms with Crippen LogP contribution in [-0.2, 0) is 27.4 Å². The fourth-order valence-electron chi connectivity index (χ4n) is 6.25. The van der Waals surface area contributed by atoms with E-state index in [9.17, 15) is 9.59 Å². The molecule has 0 unspecified atom stereocenters. The Bertz CT molecular complexity index is 1030. The predicted molar refractivity (Wildman–Crippen MR) is 159 cm³/mol. The van der Waals surface area contributed by atoms with E-state index < -0.39 is 0 Å². The van der Waals surface area contributed by atoms with Crippen molar-refractivity contribution in [3.05, 3.63) is 58.3 Å². The first-order valence-corrected chi connectivity index (χ1v) is 15.8. The Balaban J connectivity index is 1.46. The van der Waals surface area contributed by atoms with Gasteiger partial charge in [0.1, 0.15) is 0 Å². The van der Waals surface area contributed by atoms with Crippen LogP contribution in [0.3, 0.4) is 0 Å². The van der Waals surface area contributed by atoms with Crippen LogP contribution in [0.15, 0.2) is 47.1 Å². The van der Waals surface area contributed by atoms with E-state index in [0.717, 1.165) is 55.2 Å². The normalized spacial score (nSPS) is 16.5. The number of amides is 2. The maximum atomic E-state index is 14.0. The topological polar surface area (TPSA) is 54.8 Å². The van der Waals surface area contributed by atoms with Gasteiger partial charge in [-0.25, -0.2) is 0 Å². The lowest BCUT2D eigenvalue weighted by atomic mass is 9.94. The summed E-state index contributed by atoms with van der Waals surface area (Å²) in [5, 5.41) is 0. The quantitative estimate of drug-likeness (QED) is 0.224. The molecule has 0 atom stereocenters. The van der Waals surface area contributed by atoms with Gasteiger partial charge in [-0.3, -0.25) is 9.59 Å². The van der Waals surface area contributed by atoms with E-state index in [1.807, 2.05) is 4.90 Å². The molecule has 7 heteroatoms. The van der Waals surface area contributed by atoms with Crippen LogP contribution >= 0.6 is 15.9 Å². The van der Waals surface area contributed by atoms with Crippen molar-refractivity contribution in [2.45, 2.75) is 96.2 Å². The molecule has 2 fully saturated rings. The van der Waals surface area contributed by atoms with E-state index in [1.54, 1.807) is 7.11 Å². The van der Waals surface area contributed by atoms with Crippen LogP contribution in [-0.4, -0.2) is 59.0 Å². The molecule has 1 aromatic heterocycles. The van der Waals surface area contributed by atoms with Crippen molar-refractivity contribution in [2.75, 3.05) is 26.8 Å². The van der Waals surface area contributed by atoms with Crippen molar-refractivity contribution in [2.24, 2.45) is 5.92 Å². The zero-order valence-corrected chi connectivity index (χ0v) is 25.2. The molecule has 1 heterocycles. The summed E-state index contributed by atoms with van der Waals surface area (Å²) in [4.78, 5) is 31.2. The minimum Gasteiger partial charge on any atom is -0.385 e. The molecule has 2 amide bonds. The second-order valence-electron chi connectivity index (χ2n) is 11.4. The van der Waals surface area contributed by atoms with Gasteiger partial charge in [0.15, 0.2) is 0 Å². The maximum absolute atomic E-state index is 14.0. The summed E-state index contributed by atoms with van der Waals surface area (Å²) < 4.78 is 8.58. The van der Waals surface area contributed by atoms with Crippen molar-refractivity contribution >= 4 is 27.7 Å². The van der Waals surface area contributed by atoms with Gasteiger partial charge in [0.2, 0.25) is 11.8 Å². The van der Waals surface area contributed by atoms with E-state index in [0.29, 0.717) is 32.0 Å². The second-order valence-corrected chi connectivity index (χ2v) is 12.3. The molecule has 0 spiro atoms. The van der Waals surface area contributed by atoms with Crippen molar-refractivity contribution < 1.29 is 14.3 Å². The van der Waals surface area contributed by atoms with Crippen LogP contribution in [0.2, 0.25) is 0 Å². The highest BCUT2D eigenvalue weighted by Crippen LogP contribution is 2.29. The zero-order valence-electron chi connectivity index (χ0n) is 23.7. The van der Waals surface area contributed by atoms with Gasteiger partial charge in [0.25, 0.3) is 0 Å². The van der Waals surface area contributed by atoms with Gasteiger partial charge in [0, 0.05) is 55.6 Å². The summed E-state index contributed by atoms with van der Waals surface area (Å²) in [6, 6.07) is 12.8. The molecule has 1 aromatic carbocycles. The summed E-state index contributed by atoms with van der Waals surface area (Å²) in [6.45, 7) is 2.68. The highest BCUT2D eigenvalue weighted by atomic mass is 79.9. The Hall–Kier alpha value is -2.12. The first-order chi connectivity index (χ1) is 19.0. The third-order valence-corrected chi connectivity index (χ3v) is 9.08. The third kappa shape index (κ3) is 9.21. The highest BCUT2D eigenvalue weighted by molar-refractivity contribution is 9.10. The molecule has 0 saturated heterocycles. The molecule has 0 radical (unpaired) electrons. The van der Waals surface area contributed by atoms with Crippen LogP contribution in [0, 0.1) is 5.92 Å². The first kappa shape index (κ1) is 29.9. The maximum Gasteiger partial charge on any atom is 0.242 e. The van der Waals surface area contributed by atoms with E-state index >= 15 is 0 Å². The van der Waals surface area contributed by atoms with Crippen molar-refractivity contribution in [3.63, 3.8) is 0 Å². The van der Waals surface area contributed by atoms with Gasteiger partial charge >= 0.3 is 0 Å². The van der Waals surface area contributed by atoms with Crippen LogP contribution in [0.25, 0.3) is 0 Å². The van der Waals surface area contributed by atoms with Crippen LogP contribution < -0.4 is 0 Å². The van der Waals surface area contributed by atoms with Crippen molar-refractivity contribution in [3.8, 4) is 0 Å². The summed E-state index contributed by atoms with van der Waals surface area (Å²) in [7, 11) is 1.69. The van der Waals surface area contributed by atoms with Gasteiger partial charge in [-0.2, -0.15) is 0 Å². The molecular weight excluding hydrogens is 554 g/mol. The fraction of sp³-hybridized carbons (Fsp3) is 0.625. The smallest absolute Gasteiger partial charge is 0.242 e. The molecule has 214 valence electrons. The molecule has 6 nitrogen and oxygen atoms in total. The number of nitrogens with zero attached hydrogens (tertiary/aromatic N) is 3. The lowest BCUT2D eigenvalue weighted by Gasteiger charge is -2.36. The minimum absolute atomic E-state index is 0.0740. The van der Waals surface area contributed by atoms with E-state index in [4.69, 9.17) is 4.74 Å². The number of rotatable bonds is 14. The van der Waals surface area contributed by atoms with Gasteiger partial charge in [-0.05, 0) is 61.4 Å². The van der Waals surface area contributed by atoms with Gasteiger partial charge < -0.3 is 19.1 Å². The van der Waals surface area contributed by atoms with Gasteiger partial charge in [0.05, 0.1) is 13.1 Å². The highest BCUT2D eigenvalue weighted by Gasteiger charge is 2.29. The molecule has 39 heavy (non-hydrogen) atoms. The van der Waals surface area contributed by atoms with Crippen LogP contribution in [0.4, 0.5) is 0 Å². The van der Waals surface area contributed by atoms with Gasteiger partial charge in [-0.15, -0.1) is 0 Å². The Morgan fingerprint density at radius 3 is 2.41 bits per heavy atom. The average molecular weight is 601 g/mol. The monoisotopic (exact) mass is 599 g/mol. The molecule has 2 aromatic rings. The summed E-state index contributed by atoms with van der Waals surface area (Å²) in [6.07, 6.45) is 15.0. The molecule has 0 aliphatic heterocycles. The largest absolute Gasteiger partial charge is 0.385 e. The number of carbonyl (C=O) groups is 2. The van der Waals surface area contributed by atoms with E-state index in [1.165, 1.54) is 37.7 Å². The Morgan fingerprint density at radius 2 is 1.69 bits per heavy atom.